The molecular formula is C24H26ClNO2. The third kappa shape index (κ3) is 6.27. The quantitative estimate of drug-likeness (QED) is 0.698. The average molecular weight is 396 g/mol. The minimum Gasteiger partial charge on any atom is -0.480 e. The van der Waals surface area contributed by atoms with Crippen molar-refractivity contribution in [1.82, 2.24) is 4.90 Å². The molecular weight excluding hydrogens is 370 g/mol. The van der Waals surface area contributed by atoms with Crippen molar-refractivity contribution >= 4 is 17.6 Å². The molecule has 0 aromatic heterocycles. The first kappa shape index (κ1) is 21.8. The maximum absolute atomic E-state index is 11.1. The summed E-state index contributed by atoms with van der Waals surface area (Å²) in [6, 6.07) is 15.4. The third-order valence-corrected chi connectivity index (χ3v) is 4.76. The van der Waals surface area contributed by atoms with Crippen LogP contribution in [0, 0.1) is 11.8 Å². The lowest BCUT2D eigenvalue weighted by Crippen LogP contribution is -2.29. The zero-order valence-corrected chi connectivity index (χ0v) is 17.5. The second kappa shape index (κ2) is 9.59. The summed E-state index contributed by atoms with van der Waals surface area (Å²) < 4.78 is 0. The van der Waals surface area contributed by atoms with Gasteiger partial charge in [-0.3, -0.25) is 9.69 Å². The average Bonchev–Trinajstić information content (AvgIpc) is 2.61. The van der Waals surface area contributed by atoms with E-state index in [1.54, 1.807) is 24.1 Å². The van der Waals surface area contributed by atoms with Crippen LogP contribution in [-0.4, -0.2) is 29.6 Å². The molecule has 2 aromatic rings. The number of carboxylic acid groups (broad SMARTS) is 1. The molecule has 2 rings (SSSR count). The van der Waals surface area contributed by atoms with Gasteiger partial charge in [0.25, 0.3) is 0 Å². The summed E-state index contributed by atoms with van der Waals surface area (Å²) in [5, 5.41) is 9.72. The fourth-order valence-electron chi connectivity index (χ4n) is 2.83. The monoisotopic (exact) mass is 395 g/mol. The Morgan fingerprint density at radius 1 is 1.18 bits per heavy atom. The molecule has 0 amide bonds. The molecule has 28 heavy (non-hydrogen) atoms. The molecule has 0 saturated carbocycles. The van der Waals surface area contributed by atoms with Crippen molar-refractivity contribution in [3.63, 3.8) is 0 Å². The molecule has 4 heteroatoms. The number of rotatable bonds is 5. The summed E-state index contributed by atoms with van der Waals surface area (Å²) in [5.41, 5.74) is 3.16. The van der Waals surface area contributed by atoms with Crippen molar-refractivity contribution in [2.45, 2.75) is 32.2 Å². The number of nitrogens with zero attached hydrogens (tertiary/aromatic N) is 1. The normalized spacial score (nSPS) is 12.6. The van der Waals surface area contributed by atoms with Crippen LogP contribution in [0.1, 0.15) is 43.5 Å². The molecule has 1 N–H and O–H groups in total. The zero-order valence-electron chi connectivity index (χ0n) is 16.7. The van der Waals surface area contributed by atoms with E-state index >= 15 is 0 Å². The van der Waals surface area contributed by atoms with Gasteiger partial charge in [0.1, 0.15) is 0 Å². The van der Waals surface area contributed by atoms with Gasteiger partial charge in [-0.1, -0.05) is 80.6 Å². The van der Waals surface area contributed by atoms with Gasteiger partial charge >= 0.3 is 5.97 Å². The highest BCUT2D eigenvalue weighted by Gasteiger charge is 2.18. The predicted molar refractivity (Wildman–Crippen MR) is 116 cm³/mol. The molecule has 0 spiro atoms. The molecule has 1 atom stereocenters. The van der Waals surface area contributed by atoms with E-state index in [4.69, 9.17) is 16.7 Å². The molecule has 0 bridgehead atoms. The molecule has 1 unspecified atom stereocenters. The molecule has 0 aliphatic heterocycles. The number of benzene rings is 2. The Morgan fingerprint density at radius 3 is 2.39 bits per heavy atom. The Kier molecular flexibility index (Phi) is 7.45. The Morgan fingerprint density at radius 2 is 1.82 bits per heavy atom. The van der Waals surface area contributed by atoms with E-state index in [1.165, 1.54) is 5.56 Å². The molecule has 0 radical (unpaired) electrons. The van der Waals surface area contributed by atoms with E-state index in [1.807, 2.05) is 36.4 Å². The first-order chi connectivity index (χ1) is 13.2. The van der Waals surface area contributed by atoms with Crippen LogP contribution in [0.3, 0.4) is 0 Å². The highest BCUT2D eigenvalue weighted by atomic mass is 35.5. The van der Waals surface area contributed by atoms with Gasteiger partial charge in [0, 0.05) is 10.6 Å². The van der Waals surface area contributed by atoms with Crippen molar-refractivity contribution in [2.75, 3.05) is 13.6 Å². The smallest absolute Gasteiger partial charge is 0.317 e. The summed E-state index contributed by atoms with van der Waals surface area (Å²) >= 11 is 6.32. The standard InChI is InChI=1S/C24H26ClNO2/c1-24(2,3)19-15-13-18(14-16-19)9-5-8-12-22(26(4)17-23(27)28)20-10-6-7-11-21(20)25/h6-8,10-16,22H,17H2,1-4H3,(H,27,28)/b12-8+. The lowest BCUT2D eigenvalue weighted by Gasteiger charge is -2.24. The maximum atomic E-state index is 11.1. The van der Waals surface area contributed by atoms with E-state index in [-0.39, 0.29) is 18.0 Å². The predicted octanol–water partition coefficient (Wildman–Crippen LogP) is 5.30. The number of hydrogen-bond donors (Lipinski definition) is 1. The van der Waals surface area contributed by atoms with E-state index in [0.717, 1.165) is 11.1 Å². The Labute approximate surface area is 172 Å². The molecule has 0 aliphatic rings. The van der Waals surface area contributed by atoms with Crippen LogP contribution in [-0.2, 0) is 10.2 Å². The lowest BCUT2D eigenvalue weighted by molar-refractivity contribution is -0.138. The number of carboxylic acids is 1. The van der Waals surface area contributed by atoms with Crippen LogP contribution >= 0.6 is 11.6 Å². The number of likely N-dealkylation sites (N-methyl/N-ethyl adjacent to an activating group) is 1. The van der Waals surface area contributed by atoms with Crippen molar-refractivity contribution in [3.05, 3.63) is 82.4 Å². The van der Waals surface area contributed by atoms with Crippen molar-refractivity contribution in [3.8, 4) is 11.8 Å². The van der Waals surface area contributed by atoms with Gasteiger partial charge in [-0.15, -0.1) is 0 Å². The first-order valence-corrected chi connectivity index (χ1v) is 9.51. The largest absolute Gasteiger partial charge is 0.480 e. The Balaban J connectivity index is 2.21. The number of halogens is 1. The number of hydrogen-bond acceptors (Lipinski definition) is 2. The van der Waals surface area contributed by atoms with E-state index in [2.05, 4.69) is 44.7 Å². The van der Waals surface area contributed by atoms with Crippen LogP contribution in [0.2, 0.25) is 5.02 Å². The Bertz CT molecular complexity index is 899. The van der Waals surface area contributed by atoms with Crippen LogP contribution in [0.4, 0.5) is 0 Å². The van der Waals surface area contributed by atoms with Gasteiger partial charge in [-0.05, 0) is 47.9 Å². The van der Waals surface area contributed by atoms with Crippen LogP contribution in [0.5, 0.6) is 0 Å². The first-order valence-electron chi connectivity index (χ1n) is 9.13. The number of allylic oxidation sites excluding steroid dienone is 1. The summed E-state index contributed by atoms with van der Waals surface area (Å²) in [6.07, 6.45) is 3.63. The molecule has 0 heterocycles. The van der Waals surface area contributed by atoms with Gasteiger partial charge in [-0.2, -0.15) is 0 Å². The summed E-state index contributed by atoms with van der Waals surface area (Å²) in [4.78, 5) is 12.8. The number of aliphatic carboxylic acids is 1. The highest BCUT2D eigenvalue weighted by molar-refractivity contribution is 6.31. The van der Waals surface area contributed by atoms with Gasteiger partial charge in [0.05, 0.1) is 12.6 Å². The summed E-state index contributed by atoms with van der Waals surface area (Å²) in [5.74, 6) is 5.27. The maximum Gasteiger partial charge on any atom is 0.317 e. The zero-order chi connectivity index (χ0) is 20.7. The minimum absolute atomic E-state index is 0.0953. The Hall–Kier alpha value is -2.54. The van der Waals surface area contributed by atoms with Crippen LogP contribution in [0.25, 0.3) is 0 Å². The van der Waals surface area contributed by atoms with Crippen LogP contribution in [0.15, 0.2) is 60.7 Å². The molecule has 3 nitrogen and oxygen atoms in total. The second-order valence-corrected chi connectivity index (χ2v) is 8.14. The van der Waals surface area contributed by atoms with Gasteiger partial charge in [-0.25, -0.2) is 0 Å². The van der Waals surface area contributed by atoms with Gasteiger partial charge < -0.3 is 5.11 Å². The van der Waals surface area contributed by atoms with Crippen molar-refractivity contribution in [1.29, 1.82) is 0 Å². The highest BCUT2D eigenvalue weighted by Crippen LogP contribution is 2.27. The fourth-order valence-corrected chi connectivity index (χ4v) is 3.08. The summed E-state index contributed by atoms with van der Waals surface area (Å²) in [7, 11) is 1.76. The second-order valence-electron chi connectivity index (χ2n) is 7.73. The molecule has 0 fully saturated rings. The van der Waals surface area contributed by atoms with E-state index in [9.17, 15) is 4.79 Å². The SMILES string of the molecule is CN(CC(=O)O)C(/C=C/C#Cc1ccc(C(C)(C)C)cc1)c1ccccc1Cl. The fraction of sp³-hybridized carbons (Fsp3) is 0.292. The number of carbonyl (C=O) groups is 1. The molecule has 146 valence electrons. The van der Waals surface area contributed by atoms with E-state index in [0.29, 0.717) is 5.02 Å². The molecule has 2 aromatic carbocycles. The topological polar surface area (TPSA) is 40.5 Å². The van der Waals surface area contributed by atoms with Gasteiger partial charge in [0.2, 0.25) is 0 Å². The van der Waals surface area contributed by atoms with Crippen LogP contribution < -0.4 is 0 Å². The van der Waals surface area contributed by atoms with Gasteiger partial charge in [0.15, 0.2) is 0 Å². The minimum atomic E-state index is -0.891. The molecule has 0 saturated heterocycles. The summed E-state index contributed by atoms with van der Waals surface area (Å²) in [6.45, 7) is 6.44. The van der Waals surface area contributed by atoms with Crippen molar-refractivity contribution < 1.29 is 9.90 Å². The molecule has 0 aliphatic carbocycles. The third-order valence-electron chi connectivity index (χ3n) is 4.41. The van der Waals surface area contributed by atoms with E-state index < -0.39 is 5.97 Å². The van der Waals surface area contributed by atoms with Crippen molar-refractivity contribution in [2.24, 2.45) is 0 Å². The lowest BCUT2D eigenvalue weighted by atomic mass is 9.87.